The predicted molar refractivity (Wildman–Crippen MR) is 101 cm³/mol. The zero-order chi connectivity index (χ0) is 18.6. The molecule has 2 aliphatic heterocycles. The van der Waals surface area contributed by atoms with Crippen molar-refractivity contribution in [1.82, 2.24) is 9.88 Å². The van der Waals surface area contributed by atoms with Crippen molar-refractivity contribution in [1.29, 1.82) is 0 Å². The topological polar surface area (TPSA) is 75.1 Å². The van der Waals surface area contributed by atoms with Crippen molar-refractivity contribution in [3.63, 3.8) is 0 Å². The summed E-state index contributed by atoms with van der Waals surface area (Å²) in [6.45, 7) is 4.63. The lowest BCUT2D eigenvalue weighted by Crippen LogP contribution is -2.42. The molecule has 1 unspecified atom stereocenters. The summed E-state index contributed by atoms with van der Waals surface area (Å²) in [5, 5.41) is 9.41. The van der Waals surface area contributed by atoms with E-state index in [1.54, 1.807) is 18.3 Å². The molecule has 1 fully saturated rings. The van der Waals surface area contributed by atoms with Crippen LogP contribution < -0.4 is 14.4 Å². The van der Waals surface area contributed by atoms with Crippen LogP contribution in [-0.4, -0.2) is 66.4 Å². The summed E-state index contributed by atoms with van der Waals surface area (Å²) in [6.07, 6.45) is 2.59. The number of rotatable bonds is 4. The van der Waals surface area contributed by atoms with Gasteiger partial charge in [-0.2, -0.15) is 0 Å². The SMILES string of the molecule is O=C(O)c1cccnc1N1CCCN(CC2COc3ccccc3O2)CC1. The molecule has 7 nitrogen and oxygen atoms in total. The number of nitrogens with zero attached hydrogens (tertiary/aromatic N) is 3. The number of carboxylic acid groups (broad SMARTS) is 1. The van der Waals surface area contributed by atoms with Crippen LogP contribution in [0.5, 0.6) is 11.5 Å². The first kappa shape index (κ1) is 17.6. The Morgan fingerprint density at radius 1 is 1.11 bits per heavy atom. The maximum absolute atomic E-state index is 11.5. The van der Waals surface area contributed by atoms with Gasteiger partial charge in [-0.1, -0.05) is 12.1 Å². The molecule has 0 bridgehead atoms. The van der Waals surface area contributed by atoms with E-state index >= 15 is 0 Å². The molecule has 0 radical (unpaired) electrons. The number of carboxylic acids is 1. The van der Waals surface area contributed by atoms with Gasteiger partial charge in [-0.3, -0.25) is 4.90 Å². The number of anilines is 1. The standard InChI is InChI=1S/C20H23N3O4/c24-20(25)16-5-3-8-21-19(16)23-10-4-9-22(11-12-23)13-15-14-26-17-6-1-2-7-18(17)27-15/h1-3,5-8,15H,4,9-14H2,(H,24,25). The molecule has 3 heterocycles. The molecule has 142 valence electrons. The monoisotopic (exact) mass is 369 g/mol. The number of hydrogen-bond donors (Lipinski definition) is 1. The molecule has 0 saturated carbocycles. The van der Waals surface area contributed by atoms with Gasteiger partial charge in [-0.25, -0.2) is 9.78 Å². The number of carbonyl (C=O) groups is 1. The number of pyridine rings is 1. The van der Waals surface area contributed by atoms with Gasteiger partial charge in [0.25, 0.3) is 0 Å². The summed E-state index contributed by atoms with van der Waals surface area (Å²) in [6, 6.07) is 11.0. The molecular formula is C20H23N3O4. The number of aromatic carboxylic acids is 1. The summed E-state index contributed by atoms with van der Waals surface area (Å²) >= 11 is 0. The lowest BCUT2D eigenvalue weighted by molar-refractivity contribution is 0.0606. The lowest BCUT2D eigenvalue weighted by Gasteiger charge is -2.30. The Labute approximate surface area is 158 Å². The Balaban J connectivity index is 1.38. The third-order valence-electron chi connectivity index (χ3n) is 4.93. The van der Waals surface area contributed by atoms with E-state index in [0.29, 0.717) is 12.4 Å². The largest absolute Gasteiger partial charge is 0.486 e. The molecule has 1 N–H and O–H groups in total. The number of ether oxygens (including phenoxy) is 2. The van der Waals surface area contributed by atoms with Crippen LogP contribution in [0.4, 0.5) is 5.82 Å². The average Bonchev–Trinajstić information content (AvgIpc) is 2.93. The van der Waals surface area contributed by atoms with E-state index in [-0.39, 0.29) is 11.7 Å². The lowest BCUT2D eigenvalue weighted by atomic mass is 10.2. The van der Waals surface area contributed by atoms with Gasteiger partial charge in [0.2, 0.25) is 0 Å². The van der Waals surface area contributed by atoms with Crippen LogP contribution in [0.1, 0.15) is 16.8 Å². The smallest absolute Gasteiger partial charge is 0.339 e. The van der Waals surface area contributed by atoms with Crippen LogP contribution in [0.15, 0.2) is 42.6 Å². The normalized spacial score (nSPS) is 20.1. The minimum Gasteiger partial charge on any atom is -0.486 e. The molecule has 4 rings (SSSR count). The Morgan fingerprint density at radius 2 is 1.96 bits per heavy atom. The molecule has 2 aliphatic rings. The van der Waals surface area contributed by atoms with E-state index in [9.17, 15) is 9.90 Å². The van der Waals surface area contributed by atoms with Gasteiger partial charge in [-0.15, -0.1) is 0 Å². The number of benzene rings is 1. The number of hydrogen-bond acceptors (Lipinski definition) is 6. The Kier molecular flexibility index (Phi) is 5.11. The second-order valence-electron chi connectivity index (χ2n) is 6.82. The van der Waals surface area contributed by atoms with E-state index in [4.69, 9.17) is 9.47 Å². The van der Waals surface area contributed by atoms with Crippen molar-refractivity contribution >= 4 is 11.8 Å². The van der Waals surface area contributed by atoms with E-state index < -0.39 is 5.97 Å². The van der Waals surface area contributed by atoms with E-state index in [2.05, 4.69) is 14.8 Å². The Morgan fingerprint density at radius 3 is 2.81 bits per heavy atom. The zero-order valence-corrected chi connectivity index (χ0v) is 15.1. The van der Waals surface area contributed by atoms with Crippen molar-refractivity contribution in [2.45, 2.75) is 12.5 Å². The number of fused-ring (bicyclic) bond motifs is 1. The van der Waals surface area contributed by atoms with Gasteiger partial charge < -0.3 is 19.5 Å². The van der Waals surface area contributed by atoms with Gasteiger partial charge in [-0.05, 0) is 30.7 Å². The second-order valence-corrected chi connectivity index (χ2v) is 6.82. The van der Waals surface area contributed by atoms with Crippen molar-refractivity contribution in [2.24, 2.45) is 0 Å². The highest BCUT2D eigenvalue weighted by Crippen LogP contribution is 2.31. The van der Waals surface area contributed by atoms with Crippen LogP contribution in [0, 0.1) is 0 Å². The fraction of sp³-hybridized carbons (Fsp3) is 0.400. The summed E-state index contributed by atoms with van der Waals surface area (Å²) in [4.78, 5) is 20.2. The van der Waals surface area contributed by atoms with Crippen molar-refractivity contribution in [3.05, 3.63) is 48.2 Å². The van der Waals surface area contributed by atoms with E-state index in [1.165, 1.54) is 0 Å². The summed E-state index contributed by atoms with van der Waals surface area (Å²) in [5.41, 5.74) is 0.256. The van der Waals surface area contributed by atoms with Gasteiger partial charge in [0.05, 0.1) is 0 Å². The van der Waals surface area contributed by atoms with Gasteiger partial charge in [0.15, 0.2) is 11.5 Å². The van der Waals surface area contributed by atoms with Crippen molar-refractivity contribution in [3.8, 4) is 11.5 Å². The first-order chi connectivity index (χ1) is 13.2. The zero-order valence-electron chi connectivity index (χ0n) is 15.1. The second kappa shape index (κ2) is 7.84. The van der Waals surface area contributed by atoms with Crippen LogP contribution in [-0.2, 0) is 0 Å². The molecule has 0 spiro atoms. The molecule has 1 atom stereocenters. The maximum atomic E-state index is 11.5. The van der Waals surface area contributed by atoms with Gasteiger partial charge in [0, 0.05) is 38.9 Å². The van der Waals surface area contributed by atoms with Crippen LogP contribution >= 0.6 is 0 Å². The molecule has 0 aliphatic carbocycles. The fourth-order valence-corrected chi connectivity index (χ4v) is 3.62. The minimum absolute atomic E-state index is 0.00381. The highest BCUT2D eigenvalue weighted by Gasteiger charge is 2.25. The summed E-state index contributed by atoms with van der Waals surface area (Å²) in [7, 11) is 0. The molecule has 27 heavy (non-hydrogen) atoms. The molecule has 1 aromatic carbocycles. The van der Waals surface area contributed by atoms with Crippen LogP contribution in [0.2, 0.25) is 0 Å². The molecule has 7 heteroatoms. The van der Waals surface area contributed by atoms with Gasteiger partial charge in [0.1, 0.15) is 24.1 Å². The highest BCUT2D eigenvalue weighted by molar-refractivity contribution is 5.93. The molecule has 0 amide bonds. The summed E-state index contributed by atoms with van der Waals surface area (Å²) < 4.78 is 11.9. The highest BCUT2D eigenvalue weighted by atomic mass is 16.6. The molecule has 1 aromatic heterocycles. The van der Waals surface area contributed by atoms with Gasteiger partial charge >= 0.3 is 5.97 Å². The Hall–Kier alpha value is -2.80. The molecule has 2 aromatic rings. The third kappa shape index (κ3) is 3.98. The average molecular weight is 369 g/mol. The molecular weight excluding hydrogens is 346 g/mol. The maximum Gasteiger partial charge on any atom is 0.339 e. The molecule has 1 saturated heterocycles. The number of para-hydroxylation sites is 2. The summed E-state index contributed by atoms with van der Waals surface area (Å²) in [5.74, 6) is 1.21. The first-order valence-corrected chi connectivity index (χ1v) is 9.25. The van der Waals surface area contributed by atoms with Crippen molar-refractivity contribution < 1.29 is 19.4 Å². The minimum atomic E-state index is -0.939. The fourth-order valence-electron chi connectivity index (χ4n) is 3.62. The van der Waals surface area contributed by atoms with E-state index in [1.807, 2.05) is 24.3 Å². The quantitative estimate of drug-likeness (QED) is 0.885. The first-order valence-electron chi connectivity index (χ1n) is 9.25. The van der Waals surface area contributed by atoms with Crippen LogP contribution in [0.25, 0.3) is 0 Å². The third-order valence-corrected chi connectivity index (χ3v) is 4.93. The van der Waals surface area contributed by atoms with Crippen molar-refractivity contribution in [2.75, 3.05) is 44.2 Å². The van der Waals surface area contributed by atoms with E-state index in [0.717, 1.165) is 50.6 Å². The Bertz CT molecular complexity index is 813. The predicted octanol–water partition coefficient (Wildman–Crippen LogP) is 2.13. The number of aromatic nitrogens is 1. The van der Waals surface area contributed by atoms with Crippen LogP contribution in [0.3, 0.4) is 0 Å².